The van der Waals surface area contributed by atoms with E-state index in [1.165, 1.54) is 0 Å². The molecule has 0 aliphatic heterocycles. The van der Waals surface area contributed by atoms with Gasteiger partial charge in [0.15, 0.2) is 0 Å². The quantitative estimate of drug-likeness (QED) is 0.490. The van der Waals surface area contributed by atoms with Gasteiger partial charge in [0.2, 0.25) is 0 Å². The first-order chi connectivity index (χ1) is 10.2. The molecule has 0 saturated carbocycles. The van der Waals surface area contributed by atoms with E-state index in [4.69, 9.17) is 4.74 Å². The Balaban J connectivity index is 2.76. The van der Waals surface area contributed by atoms with E-state index in [1.807, 2.05) is 59.0 Å². The van der Waals surface area contributed by atoms with Crippen LogP contribution in [0.3, 0.4) is 0 Å². The average Bonchev–Trinajstić information content (AvgIpc) is 2.41. The molecule has 122 valence electrons. The molecule has 0 saturated heterocycles. The van der Waals surface area contributed by atoms with Gasteiger partial charge in [0.05, 0.1) is 13.7 Å². The van der Waals surface area contributed by atoms with E-state index < -0.39 is 18.1 Å². The summed E-state index contributed by atoms with van der Waals surface area (Å²) in [6.45, 7) is 4.01. The molecule has 1 aromatic carbocycles. The smallest absolute Gasteiger partial charge is 0.407 e. The highest BCUT2D eigenvalue weighted by Gasteiger charge is 2.22. The minimum atomic E-state index is -1.14. The largest absolute Gasteiger partial charge is 0.506 e. The molecule has 0 radical (unpaired) electrons. The molecule has 0 fully saturated rings. The summed E-state index contributed by atoms with van der Waals surface area (Å²) in [7, 11) is 0. The topological polar surface area (TPSA) is 95.9 Å². The minimum absolute atomic E-state index is 0.110. The van der Waals surface area contributed by atoms with Gasteiger partial charge >= 0.3 is 12.1 Å². The third kappa shape index (κ3) is 6.15. The SMILES string of the molecule is CC(C)COC(=O)N[C@@H](Cc1cc(I)c(O)c(I)c1)C(=O)O. The summed E-state index contributed by atoms with van der Waals surface area (Å²) in [4.78, 5) is 22.9. The summed E-state index contributed by atoms with van der Waals surface area (Å²) in [5, 5.41) is 21.3. The number of nitrogens with one attached hydrogen (secondary N) is 1. The van der Waals surface area contributed by atoms with Crippen LogP contribution < -0.4 is 5.32 Å². The Morgan fingerprint density at radius 2 is 1.82 bits per heavy atom. The van der Waals surface area contributed by atoms with Crippen LogP contribution in [-0.4, -0.2) is 34.9 Å². The maximum Gasteiger partial charge on any atom is 0.407 e. The van der Waals surface area contributed by atoms with E-state index in [-0.39, 0.29) is 24.7 Å². The van der Waals surface area contributed by atoms with E-state index in [0.717, 1.165) is 0 Å². The van der Waals surface area contributed by atoms with Gasteiger partial charge in [0, 0.05) is 6.42 Å². The zero-order valence-electron chi connectivity index (χ0n) is 12.1. The number of halogens is 2. The van der Waals surface area contributed by atoms with Gasteiger partial charge in [-0.15, -0.1) is 0 Å². The summed E-state index contributed by atoms with van der Waals surface area (Å²) in [6, 6.07) is 2.29. The second kappa shape index (κ2) is 8.75. The molecule has 0 heterocycles. The summed E-state index contributed by atoms with van der Waals surface area (Å²) in [6.07, 6.45) is -0.637. The Morgan fingerprint density at radius 1 is 1.27 bits per heavy atom. The van der Waals surface area contributed by atoms with Gasteiger partial charge in [-0.2, -0.15) is 0 Å². The molecule has 1 amide bonds. The van der Waals surface area contributed by atoms with Crippen molar-refractivity contribution in [3.8, 4) is 5.75 Å². The molecule has 0 aliphatic carbocycles. The van der Waals surface area contributed by atoms with Crippen molar-refractivity contribution >= 4 is 57.2 Å². The predicted molar refractivity (Wildman–Crippen MR) is 98.0 cm³/mol. The van der Waals surface area contributed by atoms with Gasteiger partial charge in [-0.3, -0.25) is 0 Å². The number of alkyl carbamates (subject to hydrolysis) is 1. The van der Waals surface area contributed by atoms with Crippen LogP contribution in [-0.2, 0) is 16.0 Å². The number of carbonyl (C=O) groups excluding carboxylic acids is 1. The Labute approximate surface area is 155 Å². The highest BCUT2D eigenvalue weighted by Crippen LogP contribution is 2.27. The normalized spacial score (nSPS) is 12.0. The molecular weight excluding hydrogens is 516 g/mol. The lowest BCUT2D eigenvalue weighted by molar-refractivity contribution is -0.139. The first-order valence-corrected chi connectivity index (χ1v) is 8.69. The first-order valence-electron chi connectivity index (χ1n) is 6.53. The lowest BCUT2D eigenvalue weighted by Crippen LogP contribution is -2.42. The lowest BCUT2D eigenvalue weighted by Gasteiger charge is -2.16. The van der Waals surface area contributed by atoms with Gasteiger partial charge < -0.3 is 20.3 Å². The number of aliphatic carboxylic acids is 1. The standard InChI is InChI=1S/C14H17I2NO5/c1-7(2)6-22-14(21)17-11(13(19)20)5-8-3-9(15)12(18)10(16)4-8/h3-4,7,11,18H,5-6H2,1-2H3,(H,17,21)(H,19,20)/t11-/m0/s1. The van der Waals surface area contributed by atoms with Crippen LogP contribution in [0.2, 0.25) is 0 Å². The van der Waals surface area contributed by atoms with Gasteiger partial charge in [-0.1, -0.05) is 13.8 Å². The van der Waals surface area contributed by atoms with Gasteiger partial charge in [-0.25, -0.2) is 9.59 Å². The van der Waals surface area contributed by atoms with Crippen LogP contribution in [0.15, 0.2) is 12.1 Å². The van der Waals surface area contributed by atoms with Crippen LogP contribution in [0.25, 0.3) is 0 Å². The maximum atomic E-state index is 11.6. The van der Waals surface area contributed by atoms with E-state index in [0.29, 0.717) is 12.7 Å². The average molecular weight is 533 g/mol. The predicted octanol–water partition coefficient (Wildman–Crippen LogP) is 2.98. The molecule has 0 unspecified atom stereocenters. The number of hydrogen-bond acceptors (Lipinski definition) is 4. The summed E-state index contributed by atoms with van der Waals surface area (Å²) in [5.74, 6) is -0.796. The van der Waals surface area contributed by atoms with Crippen molar-refractivity contribution in [1.82, 2.24) is 5.32 Å². The fourth-order valence-corrected chi connectivity index (χ4v) is 3.50. The summed E-state index contributed by atoms with van der Waals surface area (Å²) < 4.78 is 6.19. The zero-order chi connectivity index (χ0) is 16.9. The van der Waals surface area contributed by atoms with Crippen molar-refractivity contribution in [1.29, 1.82) is 0 Å². The molecule has 0 aliphatic rings. The minimum Gasteiger partial charge on any atom is -0.506 e. The molecule has 1 atom stereocenters. The molecule has 3 N–H and O–H groups in total. The molecule has 1 rings (SSSR count). The fraction of sp³-hybridized carbons (Fsp3) is 0.429. The van der Waals surface area contributed by atoms with E-state index >= 15 is 0 Å². The van der Waals surface area contributed by atoms with E-state index in [1.54, 1.807) is 12.1 Å². The molecule has 0 aromatic heterocycles. The van der Waals surface area contributed by atoms with Crippen molar-refractivity contribution in [2.24, 2.45) is 5.92 Å². The highest BCUT2D eigenvalue weighted by molar-refractivity contribution is 14.1. The highest BCUT2D eigenvalue weighted by atomic mass is 127. The first kappa shape index (κ1) is 19.3. The number of ether oxygens (including phenoxy) is 1. The van der Waals surface area contributed by atoms with Crippen molar-refractivity contribution in [3.63, 3.8) is 0 Å². The number of rotatable bonds is 6. The van der Waals surface area contributed by atoms with E-state index in [2.05, 4.69) is 5.32 Å². The van der Waals surface area contributed by atoms with Crippen LogP contribution in [0.1, 0.15) is 19.4 Å². The summed E-state index contributed by atoms with van der Waals surface area (Å²) in [5.41, 5.74) is 0.711. The van der Waals surface area contributed by atoms with Crippen molar-refractivity contribution in [2.75, 3.05) is 6.61 Å². The number of amides is 1. The number of aromatic hydroxyl groups is 1. The number of hydrogen-bond donors (Lipinski definition) is 3. The molecule has 0 bridgehead atoms. The zero-order valence-corrected chi connectivity index (χ0v) is 16.4. The van der Waals surface area contributed by atoms with E-state index in [9.17, 15) is 19.8 Å². The van der Waals surface area contributed by atoms with Crippen LogP contribution in [0, 0.1) is 13.1 Å². The number of carbonyl (C=O) groups is 2. The third-order valence-electron chi connectivity index (χ3n) is 2.65. The number of benzene rings is 1. The van der Waals surface area contributed by atoms with Crippen molar-refractivity contribution in [2.45, 2.75) is 26.3 Å². The summed E-state index contributed by atoms with van der Waals surface area (Å²) >= 11 is 3.94. The fourth-order valence-electron chi connectivity index (χ4n) is 1.60. The Morgan fingerprint density at radius 3 is 2.27 bits per heavy atom. The van der Waals surface area contributed by atoms with Gasteiger partial charge in [-0.05, 0) is 68.8 Å². The molecule has 8 heteroatoms. The number of phenols is 1. The second-order valence-corrected chi connectivity index (χ2v) is 7.46. The molecule has 22 heavy (non-hydrogen) atoms. The monoisotopic (exact) mass is 533 g/mol. The Bertz CT molecular complexity index is 539. The van der Waals surface area contributed by atoms with Crippen molar-refractivity contribution in [3.05, 3.63) is 24.8 Å². The third-order valence-corrected chi connectivity index (χ3v) is 4.30. The van der Waals surface area contributed by atoms with Crippen LogP contribution in [0.5, 0.6) is 5.75 Å². The van der Waals surface area contributed by atoms with Crippen molar-refractivity contribution < 1.29 is 24.5 Å². The van der Waals surface area contributed by atoms with Crippen LogP contribution >= 0.6 is 45.2 Å². The van der Waals surface area contributed by atoms with Crippen LogP contribution in [0.4, 0.5) is 4.79 Å². The molecular formula is C14H17I2NO5. The molecule has 0 spiro atoms. The number of phenolic OH excluding ortho intramolecular Hbond substituents is 1. The number of carboxylic acid groups (broad SMARTS) is 1. The van der Waals surface area contributed by atoms with Gasteiger partial charge in [0.25, 0.3) is 0 Å². The number of carboxylic acids is 1. The lowest BCUT2D eigenvalue weighted by atomic mass is 10.1. The second-order valence-electron chi connectivity index (χ2n) is 5.14. The molecule has 6 nitrogen and oxygen atoms in total. The van der Waals surface area contributed by atoms with Gasteiger partial charge in [0.1, 0.15) is 11.8 Å². The Hall–Kier alpha value is -0.780. The Kier molecular flexibility index (Phi) is 7.66. The molecule has 1 aromatic rings. The maximum absolute atomic E-state index is 11.6.